The van der Waals surface area contributed by atoms with Gasteiger partial charge >= 0.3 is 0 Å². The molecule has 0 radical (unpaired) electrons. The first-order chi connectivity index (χ1) is 9.22. The largest absolute Gasteiger partial charge is 0.481 e. The molecule has 19 heavy (non-hydrogen) atoms. The first-order valence-corrected chi connectivity index (χ1v) is 7.02. The molecule has 0 spiro atoms. The summed E-state index contributed by atoms with van der Waals surface area (Å²) >= 11 is 0. The predicted octanol–water partition coefficient (Wildman–Crippen LogP) is 2.08. The number of anilines is 1. The SMILES string of the molecule is COc1ncnc(NCCN(C)C2CCCC2)c1C. The Morgan fingerprint density at radius 3 is 2.79 bits per heavy atom. The molecular weight excluding hydrogens is 240 g/mol. The standard InChI is InChI=1S/C14H24N4O/c1-11-13(16-10-17-14(11)19-3)15-8-9-18(2)12-6-4-5-7-12/h10,12H,4-9H2,1-3H3,(H,15,16,17). The van der Waals surface area contributed by atoms with Gasteiger partial charge in [0.25, 0.3) is 0 Å². The molecule has 106 valence electrons. The van der Waals surface area contributed by atoms with Gasteiger partial charge in [0.1, 0.15) is 12.1 Å². The minimum Gasteiger partial charge on any atom is -0.481 e. The molecular formula is C14H24N4O. The molecule has 0 bridgehead atoms. The summed E-state index contributed by atoms with van der Waals surface area (Å²) in [5, 5.41) is 3.37. The number of likely N-dealkylation sites (N-methyl/N-ethyl adjacent to an activating group) is 1. The fraction of sp³-hybridized carbons (Fsp3) is 0.714. The van der Waals surface area contributed by atoms with E-state index in [9.17, 15) is 0 Å². The molecule has 1 fully saturated rings. The Hall–Kier alpha value is -1.36. The maximum absolute atomic E-state index is 5.19. The second kappa shape index (κ2) is 6.70. The minimum absolute atomic E-state index is 0.640. The first-order valence-electron chi connectivity index (χ1n) is 7.02. The van der Waals surface area contributed by atoms with Gasteiger partial charge in [-0.25, -0.2) is 9.97 Å². The number of hydrogen-bond acceptors (Lipinski definition) is 5. The van der Waals surface area contributed by atoms with Gasteiger partial charge in [-0.05, 0) is 26.8 Å². The summed E-state index contributed by atoms with van der Waals surface area (Å²) in [6, 6.07) is 0.767. The van der Waals surface area contributed by atoms with Gasteiger partial charge in [0, 0.05) is 19.1 Å². The molecule has 5 nitrogen and oxygen atoms in total. The number of hydrogen-bond donors (Lipinski definition) is 1. The van der Waals surface area contributed by atoms with Crippen LogP contribution in [-0.2, 0) is 0 Å². The zero-order chi connectivity index (χ0) is 13.7. The van der Waals surface area contributed by atoms with Crippen molar-refractivity contribution in [1.29, 1.82) is 0 Å². The van der Waals surface area contributed by atoms with Crippen LogP contribution in [-0.4, -0.2) is 48.2 Å². The smallest absolute Gasteiger partial charge is 0.221 e. The Balaban J connectivity index is 1.82. The molecule has 0 saturated heterocycles. The fourth-order valence-corrected chi connectivity index (χ4v) is 2.70. The zero-order valence-electron chi connectivity index (χ0n) is 12.1. The summed E-state index contributed by atoms with van der Waals surface area (Å²) < 4.78 is 5.19. The van der Waals surface area contributed by atoms with E-state index < -0.39 is 0 Å². The summed E-state index contributed by atoms with van der Waals surface area (Å²) in [6.07, 6.45) is 6.98. The predicted molar refractivity (Wildman–Crippen MR) is 76.7 cm³/mol. The minimum atomic E-state index is 0.640. The average molecular weight is 264 g/mol. The highest BCUT2D eigenvalue weighted by atomic mass is 16.5. The maximum atomic E-state index is 5.19. The van der Waals surface area contributed by atoms with Crippen LogP contribution in [0, 0.1) is 6.92 Å². The van der Waals surface area contributed by atoms with Crippen LogP contribution in [0.5, 0.6) is 5.88 Å². The summed E-state index contributed by atoms with van der Waals surface area (Å²) in [6.45, 7) is 3.91. The molecule has 1 heterocycles. The van der Waals surface area contributed by atoms with E-state index in [-0.39, 0.29) is 0 Å². The lowest BCUT2D eigenvalue weighted by molar-refractivity contribution is 0.254. The fourth-order valence-electron chi connectivity index (χ4n) is 2.70. The van der Waals surface area contributed by atoms with E-state index in [2.05, 4.69) is 27.2 Å². The van der Waals surface area contributed by atoms with Crippen LogP contribution in [0.25, 0.3) is 0 Å². The van der Waals surface area contributed by atoms with Crippen LogP contribution in [0.2, 0.25) is 0 Å². The number of aromatic nitrogens is 2. The summed E-state index contributed by atoms with van der Waals surface area (Å²) in [5.41, 5.74) is 0.966. The van der Waals surface area contributed by atoms with Gasteiger partial charge in [0.05, 0.1) is 12.7 Å². The second-order valence-electron chi connectivity index (χ2n) is 5.20. The quantitative estimate of drug-likeness (QED) is 0.852. The van der Waals surface area contributed by atoms with Crippen LogP contribution in [0.1, 0.15) is 31.2 Å². The third kappa shape index (κ3) is 3.56. The molecule has 0 aromatic carbocycles. The summed E-state index contributed by atoms with van der Waals surface area (Å²) in [7, 11) is 3.85. The van der Waals surface area contributed by atoms with Gasteiger partial charge in [-0.2, -0.15) is 0 Å². The van der Waals surface area contributed by atoms with Crippen molar-refractivity contribution in [1.82, 2.24) is 14.9 Å². The highest BCUT2D eigenvalue weighted by Crippen LogP contribution is 2.22. The zero-order valence-corrected chi connectivity index (χ0v) is 12.1. The van der Waals surface area contributed by atoms with Crippen LogP contribution in [0.15, 0.2) is 6.33 Å². The number of nitrogens with zero attached hydrogens (tertiary/aromatic N) is 3. The Bertz CT molecular complexity index is 404. The maximum Gasteiger partial charge on any atom is 0.221 e. The van der Waals surface area contributed by atoms with Crippen molar-refractivity contribution in [3.63, 3.8) is 0 Å². The lowest BCUT2D eigenvalue weighted by Gasteiger charge is -2.24. The van der Waals surface area contributed by atoms with E-state index in [0.29, 0.717) is 5.88 Å². The van der Waals surface area contributed by atoms with Gasteiger partial charge in [-0.1, -0.05) is 12.8 Å². The molecule has 1 aliphatic rings. The third-order valence-electron chi connectivity index (χ3n) is 3.94. The summed E-state index contributed by atoms with van der Waals surface area (Å²) in [4.78, 5) is 10.8. The monoisotopic (exact) mass is 264 g/mol. The molecule has 1 aromatic rings. The molecule has 2 rings (SSSR count). The molecule has 1 saturated carbocycles. The van der Waals surface area contributed by atoms with E-state index in [1.54, 1.807) is 7.11 Å². The average Bonchev–Trinajstić information content (AvgIpc) is 2.94. The Morgan fingerprint density at radius 2 is 2.11 bits per heavy atom. The normalized spacial score (nSPS) is 16.0. The lowest BCUT2D eigenvalue weighted by Crippen LogP contribution is -2.33. The van der Waals surface area contributed by atoms with E-state index >= 15 is 0 Å². The van der Waals surface area contributed by atoms with Gasteiger partial charge in [0.15, 0.2) is 0 Å². The van der Waals surface area contributed by atoms with Crippen molar-refractivity contribution in [3.05, 3.63) is 11.9 Å². The van der Waals surface area contributed by atoms with Crippen molar-refractivity contribution in [2.24, 2.45) is 0 Å². The Morgan fingerprint density at radius 1 is 1.37 bits per heavy atom. The van der Waals surface area contributed by atoms with Gasteiger partial charge in [-0.3, -0.25) is 0 Å². The Labute approximate surface area is 115 Å². The van der Waals surface area contributed by atoms with E-state index in [1.807, 2.05) is 6.92 Å². The Kier molecular flexibility index (Phi) is 4.96. The van der Waals surface area contributed by atoms with E-state index in [1.165, 1.54) is 32.0 Å². The molecule has 1 aromatic heterocycles. The number of rotatable bonds is 6. The second-order valence-corrected chi connectivity index (χ2v) is 5.20. The first kappa shape index (κ1) is 14.1. The topological polar surface area (TPSA) is 50.3 Å². The molecule has 0 aliphatic heterocycles. The lowest BCUT2D eigenvalue weighted by atomic mass is 10.2. The number of nitrogens with one attached hydrogen (secondary N) is 1. The molecule has 0 atom stereocenters. The van der Waals surface area contributed by atoms with Crippen LogP contribution >= 0.6 is 0 Å². The van der Waals surface area contributed by atoms with Gasteiger partial charge in [-0.15, -0.1) is 0 Å². The van der Waals surface area contributed by atoms with Crippen molar-refractivity contribution in [2.75, 3.05) is 32.6 Å². The third-order valence-corrected chi connectivity index (χ3v) is 3.94. The van der Waals surface area contributed by atoms with E-state index in [0.717, 1.165) is 30.5 Å². The molecule has 1 aliphatic carbocycles. The van der Waals surface area contributed by atoms with Crippen molar-refractivity contribution in [3.8, 4) is 5.88 Å². The van der Waals surface area contributed by atoms with E-state index in [4.69, 9.17) is 4.74 Å². The van der Waals surface area contributed by atoms with Crippen molar-refractivity contribution in [2.45, 2.75) is 38.6 Å². The molecule has 0 amide bonds. The van der Waals surface area contributed by atoms with Crippen LogP contribution in [0.4, 0.5) is 5.82 Å². The van der Waals surface area contributed by atoms with Crippen LogP contribution < -0.4 is 10.1 Å². The molecule has 0 unspecified atom stereocenters. The number of methoxy groups -OCH3 is 1. The highest BCUT2D eigenvalue weighted by molar-refractivity contribution is 5.47. The van der Waals surface area contributed by atoms with Crippen molar-refractivity contribution >= 4 is 5.82 Å². The van der Waals surface area contributed by atoms with Gasteiger partial charge < -0.3 is 15.0 Å². The summed E-state index contributed by atoms with van der Waals surface area (Å²) in [5.74, 6) is 1.51. The molecule has 1 N–H and O–H groups in total. The number of ether oxygens (including phenoxy) is 1. The van der Waals surface area contributed by atoms with Crippen LogP contribution in [0.3, 0.4) is 0 Å². The van der Waals surface area contributed by atoms with Gasteiger partial charge in [0.2, 0.25) is 5.88 Å². The highest BCUT2D eigenvalue weighted by Gasteiger charge is 2.18. The molecule has 5 heteroatoms. The van der Waals surface area contributed by atoms with Crippen molar-refractivity contribution < 1.29 is 4.74 Å².